The molecule has 0 bridgehead atoms. The zero-order valence-corrected chi connectivity index (χ0v) is 14.1. The van der Waals surface area contributed by atoms with Crippen LogP contribution in [-0.2, 0) is 16.4 Å². The highest BCUT2D eigenvalue weighted by Gasteiger charge is 2.18. The predicted molar refractivity (Wildman–Crippen MR) is 90.0 cm³/mol. The van der Waals surface area contributed by atoms with Gasteiger partial charge in [-0.15, -0.1) is 0 Å². The fourth-order valence-corrected chi connectivity index (χ4v) is 3.25. The molecule has 1 heterocycles. The fraction of sp³-hybridized carbons (Fsp3) is 0.312. The molecule has 0 saturated heterocycles. The van der Waals surface area contributed by atoms with Gasteiger partial charge in [0, 0.05) is 13.1 Å². The van der Waals surface area contributed by atoms with Gasteiger partial charge in [-0.25, -0.2) is 17.8 Å². The standard InChI is InChI=1S/C16H20FN3O3S/c1-2-18-16(20-12-13-6-5-10-23-13)19-9-11-24(21,22)15-8-4-3-7-14(15)17/h3-8,10H,2,9,11-12H2,1H3,(H2,18,19,20). The molecule has 130 valence electrons. The van der Waals surface area contributed by atoms with Crippen molar-refractivity contribution in [2.75, 3.05) is 18.8 Å². The molecule has 2 aromatic rings. The summed E-state index contributed by atoms with van der Waals surface area (Å²) >= 11 is 0. The molecule has 1 aromatic heterocycles. The first kappa shape index (κ1) is 18.0. The highest BCUT2D eigenvalue weighted by Crippen LogP contribution is 2.14. The maximum absolute atomic E-state index is 13.6. The molecule has 6 nitrogen and oxygen atoms in total. The Morgan fingerprint density at radius 2 is 2.00 bits per heavy atom. The third-order valence-electron chi connectivity index (χ3n) is 3.15. The molecule has 0 radical (unpaired) electrons. The minimum atomic E-state index is -3.70. The third-order valence-corrected chi connectivity index (χ3v) is 4.90. The van der Waals surface area contributed by atoms with Gasteiger partial charge in [-0.05, 0) is 31.2 Å². The van der Waals surface area contributed by atoms with Gasteiger partial charge >= 0.3 is 0 Å². The number of furan rings is 1. The van der Waals surface area contributed by atoms with Crippen LogP contribution in [0.2, 0.25) is 0 Å². The van der Waals surface area contributed by atoms with Crippen LogP contribution in [0.5, 0.6) is 0 Å². The molecule has 0 atom stereocenters. The number of nitrogens with zero attached hydrogens (tertiary/aromatic N) is 1. The highest BCUT2D eigenvalue weighted by molar-refractivity contribution is 7.91. The summed E-state index contributed by atoms with van der Waals surface area (Å²) in [7, 11) is -3.70. The van der Waals surface area contributed by atoms with Gasteiger partial charge < -0.3 is 15.1 Å². The van der Waals surface area contributed by atoms with Gasteiger partial charge in [0.25, 0.3) is 0 Å². The molecule has 0 aliphatic heterocycles. The average molecular weight is 353 g/mol. The monoisotopic (exact) mass is 353 g/mol. The number of sulfone groups is 1. The van der Waals surface area contributed by atoms with Gasteiger partial charge in [0.1, 0.15) is 23.0 Å². The Hall–Kier alpha value is -2.35. The number of rotatable bonds is 7. The van der Waals surface area contributed by atoms with E-state index in [1.807, 2.05) is 6.92 Å². The normalized spacial score (nSPS) is 12.2. The summed E-state index contributed by atoms with van der Waals surface area (Å²) in [5.41, 5.74) is 0. The first-order valence-corrected chi connectivity index (χ1v) is 9.20. The molecular weight excluding hydrogens is 333 g/mol. The summed E-state index contributed by atoms with van der Waals surface area (Å²) in [4.78, 5) is 4.01. The van der Waals surface area contributed by atoms with Gasteiger partial charge in [-0.3, -0.25) is 0 Å². The number of halogens is 1. The molecule has 1 aromatic carbocycles. The third kappa shape index (κ3) is 5.09. The van der Waals surface area contributed by atoms with E-state index in [0.29, 0.717) is 24.8 Å². The van der Waals surface area contributed by atoms with E-state index in [0.717, 1.165) is 6.07 Å². The van der Waals surface area contributed by atoms with Crippen molar-refractivity contribution >= 4 is 15.8 Å². The lowest BCUT2D eigenvalue weighted by atomic mass is 10.3. The molecule has 24 heavy (non-hydrogen) atoms. The van der Waals surface area contributed by atoms with Crippen molar-refractivity contribution in [2.24, 2.45) is 4.99 Å². The van der Waals surface area contributed by atoms with Crippen LogP contribution in [0.3, 0.4) is 0 Å². The zero-order chi connectivity index (χ0) is 17.4. The molecule has 0 amide bonds. The van der Waals surface area contributed by atoms with Crippen molar-refractivity contribution < 1.29 is 17.2 Å². The largest absolute Gasteiger partial charge is 0.467 e. The Bertz CT molecular complexity index is 774. The Morgan fingerprint density at radius 3 is 2.67 bits per heavy atom. The molecule has 0 spiro atoms. The SMILES string of the molecule is CCNC(=NCc1ccco1)NCCS(=O)(=O)c1ccccc1F. The lowest BCUT2D eigenvalue weighted by Crippen LogP contribution is -2.39. The van der Waals surface area contributed by atoms with Gasteiger partial charge in [-0.1, -0.05) is 12.1 Å². The Labute approximate surface area is 140 Å². The van der Waals surface area contributed by atoms with E-state index in [1.54, 1.807) is 18.4 Å². The molecule has 0 aliphatic rings. The van der Waals surface area contributed by atoms with Gasteiger partial charge in [0.05, 0.1) is 12.0 Å². The van der Waals surface area contributed by atoms with E-state index < -0.39 is 15.7 Å². The number of hydrogen-bond acceptors (Lipinski definition) is 4. The van der Waals surface area contributed by atoms with Crippen LogP contribution in [0.4, 0.5) is 4.39 Å². The number of nitrogens with one attached hydrogen (secondary N) is 2. The maximum atomic E-state index is 13.6. The lowest BCUT2D eigenvalue weighted by molar-refractivity contribution is 0.512. The number of hydrogen-bond donors (Lipinski definition) is 2. The van der Waals surface area contributed by atoms with Gasteiger partial charge in [-0.2, -0.15) is 0 Å². The quantitative estimate of drug-likeness (QED) is 0.587. The van der Waals surface area contributed by atoms with Crippen LogP contribution >= 0.6 is 0 Å². The molecule has 0 saturated carbocycles. The zero-order valence-electron chi connectivity index (χ0n) is 13.3. The van der Waals surface area contributed by atoms with E-state index in [-0.39, 0.29) is 17.2 Å². The Balaban J connectivity index is 1.94. The summed E-state index contributed by atoms with van der Waals surface area (Å²) in [6.45, 7) is 2.98. The number of benzene rings is 1. The summed E-state index contributed by atoms with van der Waals surface area (Å²) in [6, 6.07) is 8.92. The molecule has 8 heteroatoms. The second-order valence-corrected chi connectivity index (χ2v) is 7.03. The van der Waals surface area contributed by atoms with Gasteiger partial charge in [0.2, 0.25) is 0 Å². The predicted octanol–water partition coefficient (Wildman–Crippen LogP) is 1.95. The van der Waals surface area contributed by atoms with Crippen LogP contribution in [0.1, 0.15) is 12.7 Å². The molecule has 0 unspecified atom stereocenters. The molecular formula is C16H20FN3O3S. The number of aliphatic imine (C=N–C) groups is 1. The van der Waals surface area contributed by atoms with Crippen LogP contribution < -0.4 is 10.6 Å². The first-order valence-electron chi connectivity index (χ1n) is 7.55. The van der Waals surface area contributed by atoms with Crippen molar-refractivity contribution in [3.8, 4) is 0 Å². The lowest BCUT2D eigenvalue weighted by Gasteiger charge is -2.11. The topological polar surface area (TPSA) is 83.7 Å². The molecule has 0 fully saturated rings. The molecule has 2 rings (SSSR count). The highest BCUT2D eigenvalue weighted by atomic mass is 32.2. The van der Waals surface area contributed by atoms with Crippen LogP contribution in [0.25, 0.3) is 0 Å². The Kier molecular flexibility index (Phi) is 6.36. The second kappa shape index (κ2) is 8.49. The van der Waals surface area contributed by atoms with Crippen molar-refractivity contribution in [3.63, 3.8) is 0 Å². The van der Waals surface area contributed by atoms with E-state index in [1.165, 1.54) is 18.2 Å². The van der Waals surface area contributed by atoms with Crippen LogP contribution in [-0.4, -0.2) is 33.2 Å². The molecule has 0 aliphatic carbocycles. The summed E-state index contributed by atoms with van der Waals surface area (Å²) < 4.78 is 43.2. The van der Waals surface area contributed by atoms with Crippen molar-refractivity contribution in [1.82, 2.24) is 10.6 Å². The minimum Gasteiger partial charge on any atom is -0.467 e. The summed E-state index contributed by atoms with van der Waals surface area (Å²) in [5, 5.41) is 5.93. The Morgan fingerprint density at radius 1 is 1.21 bits per heavy atom. The smallest absolute Gasteiger partial charge is 0.191 e. The summed E-state index contributed by atoms with van der Waals surface area (Å²) in [6.07, 6.45) is 1.56. The minimum absolute atomic E-state index is 0.112. The van der Waals surface area contributed by atoms with Crippen LogP contribution in [0, 0.1) is 5.82 Å². The molecule has 2 N–H and O–H groups in total. The van der Waals surface area contributed by atoms with Crippen molar-refractivity contribution in [3.05, 3.63) is 54.2 Å². The van der Waals surface area contributed by atoms with Crippen molar-refractivity contribution in [2.45, 2.75) is 18.4 Å². The van der Waals surface area contributed by atoms with E-state index >= 15 is 0 Å². The summed E-state index contributed by atoms with van der Waals surface area (Å²) in [5.74, 6) is 0.193. The first-order chi connectivity index (χ1) is 11.5. The van der Waals surface area contributed by atoms with E-state index in [9.17, 15) is 12.8 Å². The van der Waals surface area contributed by atoms with E-state index in [4.69, 9.17) is 4.42 Å². The number of guanidine groups is 1. The van der Waals surface area contributed by atoms with E-state index in [2.05, 4.69) is 15.6 Å². The van der Waals surface area contributed by atoms with Crippen molar-refractivity contribution in [1.29, 1.82) is 0 Å². The fourth-order valence-electron chi connectivity index (χ4n) is 2.01. The van der Waals surface area contributed by atoms with Crippen LogP contribution in [0.15, 0.2) is 57.0 Å². The average Bonchev–Trinajstić information content (AvgIpc) is 3.06. The maximum Gasteiger partial charge on any atom is 0.191 e. The second-order valence-electron chi connectivity index (χ2n) is 4.95. The van der Waals surface area contributed by atoms with Gasteiger partial charge in [0.15, 0.2) is 15.8 Å².